The summed E-state index contributed by atoms with van der Waals surface area (Å²) in [6, 6.07) is 9.27. The molecular formula is C17H29NSi. The van der Waals surface area contributed by atoms with E-state index in [4.69, 9.17) is 0 Å². The molecule has 0 aliphatic heterocycles. The lowest BCUT2D eigenvalue weighted by atomic mass is 10.0. The third kappa shape index (κ3) is 4.77. The van der Waals surface area contributed by atoms with Crippen molar-refractivity contribution in [2.75, 3.05) is 6.54 Å². The van der Waals surface area contributed by atoms with Gasteiger partial charge in [-0.1, -0.05) is 74.8 Å². The molecule has 1 nitrogen and oxygen atoms in total. The van der Waals surface area contributed by atoms with Crippen LogP contribution in [0.25, 0.3) is 0 Å². The average molecular weight is 276 g/mol. The van der Waals surface area contributed by atoms with Gasteiger partial charge in [-0.05, 0) is 24.4 Å². The fourth-order valence-corrected chi connectivity index (χ4v) is 4.13. The maximum Gasteiger partial charge on any atom is 0.0775 e. The topological polar surface area (TPSA) is 12.0 Å². The van der Waals surface area contributed by atoms with Crippen LogP contribution in [-0.4, -0.2) is 14.6 Å². The van der Waals surface area contributed by atoms with Crippen molar-refractivity contribution in [1.29, 1.82) is 0 Å². The molecule has 0 aromatic heterocycles. The van der Waals surface area contributed by atoms with Crippen molar-refractivity contribution >= 4 is 13.3 Å². The minimum atomic E-state index is -1.13. The molecule has 1 aliphatic rings. The van der Waals surface area contributed by atoms with Crippen LogP contribution < -0.4 is 10.5 Å². The zero-order valence-electron chi connectivity index (χ0n) is 12.8. The van der Waals surface area contributed by atoms with E-state index in [-0.39, 0.29) is 0 Å². The number of benzene rings is 1. The Balaban J connectivity index is 1.71. The summed E-state index contributed by atoms with van der Waals surface area (Å²) in [5.74, 6) is 1.00. The van der Waals surface area contributed by atoms with Crippen LogP contribution in [0.3, 0.4) is 0 Å². The van der Waals surface area contributed by atoms with Gasteiger partial charge in [0, 0.05) is 6.54 Å². The van der Waals surface area contributed by atoms with E-state index in [9.17, 15) is 0 Å². The molecule has 1 N–H and O–H groups in total. The third-order valence-electron chi connectivity index (χ3n) is 4.35. The van der Waals surface area contributed by atoms with E-state index in [0.717, 1.165) is 12.5 Å². The van der Waals surface area contributed by atoms with E-state index < -0.39 is 8.07 Å². The first kappa shape index (κ1) is 14.8. The van der Waals surface area contributed by atoms with Crippen molar-refractivity contribution in [3.05, 3.63) is 29.8 Å². The van der Waals surface area contributed by atoms with Gasteiger partial charge in [-0.3, -0.25) is 0 Å². The van der Waals surface area contributed by atoms with Crippen molar-refractivity contribution in [3.63, 3.8) is 0 Å². The van der Waals surface area contributed by atoms with Crippen LogP contribution in [0.2, 0.25) is 19.6 Å². The van der Waals surface area contributed by atoms with Crippen LogP contribution in [0, 0.1) is 5.92 Å². The molecule has 0 unspecified atom stereocenters. The first-order valence-corrected chi connectivity index (χ1v) is 11.4. The van der Waals surface area contributed by atoms with Gasteiger partial charge < -0.3 is 5.32 Å². The standard InChI is InChI=1S/C17H29NSi/c1-19(2,3)17-10-8-16(9-11-17)14-18-13-12-15-6-4-5-7-15/h8-11,15,18H,4-7,12-14H2,1-3H3. The molecule has 2 rings (SSSR count). The van der Waals surface area contributed by atoms with Crippen molar-refractivity contribution in [1.82, 2.24) is 5.32 Å². The third-order valence-corrected chi connectivity index (χ3v) is 6.42. The van der Waals surface area contributed by atoms with Gasteiger partial charge in [0.15, 0.2) is 0 Å². The van der Waals surface area contributed by atoms with Crippen LogP contribution in [0.4, 0.5) is 0 Å². The highest BCUT2D eigenvalue weighted by molar-refractivity contribution is 6.88. The maximum atomic E-state index is 3.60. The minimum absolute atomic E-state index is 1.00. The van der Waals surface area contributed by atoms with Crippen LogP contribution in [0.5, 0.6) is 0 Å². The molecule has 106 valence electrons. The number of hydrogen-bond acceptors (Lipinski definition) is 1. The van der Waals surface area contributed by atoms with E-state index in [1.165, 1.54) is 44.2 Å². The molecule has 1 aromatic carbocycles. The monoisotopic (exact) mass is 275 g/mol. The van der Waals surface area contributed by atoms with Crippen LogP contribution in [0.1, 0.15) is 37.7 Å². The van der Waals surface area contributed by atoms with Gasteiger partial charge in [-0.15, -0.1) is 0 Å². The summed E-state index contributed by atoms with van der Waals surface area (Å²) >= 11 is 0. The summed E-state index contributed by atoms with van der Waals surface area (Å²) in [6.45, 7) is 9.42. The van der Waals surface area contributed by atoms with Gasteiger partial charge in [0.1, 0.15) is 0 Å². The molecule has 19 heavy (non-hydrogen) atoms. The van der Waals surface area contributed by atoms with Crippen molar-refractivity contribution in [2.45, 2.75) is 58.3 Å². The van der Waals surface area contributed by atoms with Crippen LogP contribution >= 0.6 is 0 Å². The lowest BCUT2D eigenvalue weighted by molar-refractivity contribution is 0.477. The predicted molar refractivity (Wildman–Crippen MR) is 87.7 cm³/mol. The van der Waals surface area contributed by atoms with Gasteiger partial charge in [0.25, 0.3) is 0 Å². The molecule has 0 radical (unpaired) electrons. The zero-order chi connectivity index (χ0) is 13.7. The Hall–Kier alpha value is -0.603. The summed E-state index contributed by atoms with van der Waals surface area (Å²) < 4.78 is 0. The molecule has 0 amide bonds. The lowest BCUT2D eigenvalue weighted by Gasteiger charge is -2.17. The minimum Gasteiger partial charge on any atom is -0.313 e. The fourth-order valence-electron chi connectivity index (χ4n) is 2.96. The Morgan fingerprint density at radius 3 is 2.26 bits per heavy atom. The van der Waals surface area contributed by atoms with Gasteiger partial charge in [0.05, 0.1) is 8.07 Å². The van der Waals surface area contributed by atoms with E-state index in [2.05, 4.69) is 49.2 Å². The highest BCUT2D eigenvalue weighted by atomic mass is 28.3. The SMILES string of the molecule is C[Si](C)(C)c1ccc(CNCCC2CCCC2)cc1. The Bertz CT molecular complexity index is 371. The Morgan fingerprint density at radius 1 is 1.05 bits per heavy atom. The van der Waals surface area contributed by atoms with Crippen molar-refractivity contribution in [3.8, 4) is 0 Å². The number of nitrogens with one attached hydrogen (secondary N) is 1. The second-order valence-corrected chi connectivity index (χ2v) is 12.1. The number of hydrogen-bond donors (Lipinski definition) is 1. The molecule has 1 saturated carbocycles. The maximum absolute atomic E-state index is 3.60. The van der Waals surface area contributed by atoms with Gasteiger partial charge >= 0.3 is 0 Å². The second kappa shape index (κ2) is 6.71. The molecule has 1 aromatic rings. The molecular weight excluding hydrogens is 246 g/mol. The number of rotatable bonds is 6. The largest absolute Gasteiger partial charge is 0.313 e. The first-order chi connectivity index (χ1) is 9.05. The van der Waals surface area contributed by atoms with Crippen LogP contribution in [-0.2, 0) is 6.54 Å². The predicted octanol–water partition coefficient (Wildman–Crippen LogP) is 3.90. The molecule has 0 heterocycles. The zero-order valence-corrected chi connectivity index (χ0v) is 13.8. The fraction of sp³-hybridized carbons (Fsp3) is 0.647. The van der Waals surface area contributed by atoms with E-state index in [0.29, 0.717) is 0 Å². The lowest BCUT2D eigenvalue weighted by Crippen LogP contribution is -2.37. The summed E-state index contributed by atoms with van der Waals surface area (Å²) in [6.07, 6.45) is 7.22. The van der Waals surface area contributed by atoms with Gasteiger partial charge in [-0.25, -0.2) is 0 Å². The van der Waals surface area contributed by atoms with E-state index >= 15 is 0 Å². The first-order valence-electron chi connectivity index (χ1n) is 7.86. The average Bonchev–Trinajstić information content (AvgIpc) is 2.87. The Labute approximate surface area is 119 Å². The van der Waals surface area contributed by atoms with E-state index in [1.54, 1.807) is 5.19 Å². The van der Waals surface area contributed by atoms with Gasteiger partial charge in [0.2, 0.25) is 0 Å². The highest BCUT2D eigenvalue weighted by Gasteiger charge is 2.16. The molecule has 1 aliphatic carbocycles. The smallest absolute Gasteiger partial charge is 0.0775 e. The Morgan fingerprint density at radius 2 is 1.68 bits per heavy atom. The molecule has 0 spiro atoms. The molecule has 0 saturated heterocycles. The Kier molecular flexibility index (Phi) is 5.23. The molecule has 1 fully saturated rings. The van der Waals surface area contributed by atoms with Crippen molar-refractivity contribution < 1.29 is 0 Å². The van der Waals surface area contributed by atoms with Gasteiger partial charge in [-0.2, -0.15) is 0 Å². The summed E-state index contributed by atoms with van der Waals surface area (Å²) in [4.78, 5) is 0. The summed E-state index contributed by atoms with van der Waals surface area (Å²) in [5.41, 5.74) is 1.42. The quantitative estimate of drug-likeness (QED) is 0.613. The van der Waals surface area contributed by atoms with Crippen molar-refractivity contribution in [2.24, 2.45) is 5.92 Å². The molecule has 0 bridgehead atoms. The van der Waals surface area contributed by atoms with E-state index in [1.807, 2.05) is 0 Å². The second-order valence-electron chi connectivity index (χ2n) is 7.06. The summed E-state index contributed by atoms with van der Waals surface area (Å²) in [7, 11) is -1.13. The molecule has 0 atom stereocenters. The highest BCUT2D eigenvalue weighted by Crippen LogP contribution is 2.26. The molecule has 2 heteroatoms. The van der Waals surface area contributed by atoms with Crippen LogP contribution in [0.15, 0.2) is 24.3 Å². The normalized spacial score (nSPS) is 17.0. The summed E-state index contributed by atoms with van der Waals surface area (Å²) in [5, 5.41) is 5.16.